The highest BCUT2D eigenvalue weighted by Gasteiger charge is 2.35. The van der Waals surface area contributed by atoms with Crippen molar-refractivity contribution in [3.05, 3.63) is 98.3 Å². The highest BCUT2D eigenvalue weighted by molar-refractivity contribution is 6.03. The van der Waals surface area contributed by atoms with Crippen LogP contribution in [0.3, 0.4) is 0 Å². The predicted octanol–water partition coefficient (Wildman–Crippen LogP) is 3.04. The van der Waals surface area contributed by atoms with Crippen molar-refractivity contribution in [1.29, 1.82) is 0 Å². The monoisotopic (exact) mass is 406 g/mol. The third kappa shape index (κ3) is 3.77. The molecule has 30 heavy (non-hydrogen) atoms. The van der Waals surface area contributed by atoms with Crippen LogP contribution < -0.4 is 5.56 Å². The number of furan rings is 1. The minimum absolute atomic E-state index is 0.268. The van der Waals surface area contributed by atoms with E-state index in [0.717, 1.165) is 39.7 Å². The lowest BCUT2D eigenvalue weighted by atomic mass is 10.0. The van der Waals surface area contributed by atoms with Gasteiger partial charge in [0, 0.05) is 18.6 Å². The van der Waals surface area contributed by atoms with Crippen LogP contribution in [0, 0.1) is 17.0 Å². The average Bonchev–Trinajstić information content (AvgIpc) is 3.39. The van der Waals surface area contributed by atoms with Crippen LogP contribution in [0.15, 0.2) is 75.3 Å². The van der Waals surface area contributed by atoms with Crippen molar-refractivity contribution in [3.8, 4) is 0 Å². The lowest BCUT2D eigenvalue weighted by Crippen LogP contribution is -2.33. The molecule has 1 unspecified atom stereocenters. The van der Waals surface area contributed by atoms with Crippen molar-refractivity contribution in [2.75, 3.05) is 0 Å². The van der Waals surface area contributed by atoms with Crippen LogP contribution in [-0.2, 0) is 11.3 Å². The third-order valence-corrected chi connectivity index (χ3v) is 4.91. The fourth-order valence-electron chi connectivity index (χ4n) is 3.33. The minimum Gasteiger partial charge on any atom is -0.467 e. The largest absolute Gasteiger partial charge is 0.467 e. The number of hydrazone groups is 1. The van der Waals surface area contributed by atoms with Crippen LogP contribution in [0.25, 0.3) is 0 Å². The molecule has 1 amide bonds. The number of carbonyl (C=O) groups is 1. The van der Waals surface area contributed by atoms with Crippen molar-refractivity contribution < 1.29 is 14.1 Å². The molecule has 1 aliphatic heterocycles. The number of amides is 1. The number of nitrogens with zero attached hydrogens (tertiary/aromatic N) is 4. The van der Waals surface area contributed by atoms with E-state index in [-0.39, 0.29) is 12.2 Å². The Morgan fingerprint density at radius 1 is 1.23 bits per heavy atom. The maximum atomic E-state index is 13.0. The molecule has 0 N–H and O–H groups in total. The first-order chi connectivity index (χ1) is 14.4. The van der Waals surface area contributed by atoms with Gasteiger partial charge in [-0.3, -0.25) is 24.3 Å². The molecule has 0 bridgehead atoms. The van der Waals surface area contributed by atoms with Gasteiger partial charge in [-0.05, 0) is 24.6 Å². The van der Waals surface area contributed by atoms with Crippen LogP contribution in [0.5, 0.6) is 0 Å². The molecule has 0 fully saturated rings. The minimum atomic E-state index is -0.616. The van der Waals surface area contributed by atoms with E-state index in [1.165, 1.54) is 11.3 Å². The number of nitro groups is 1. The van der Waals surface area contributed by atoms with Gasteiger partial charge in [0.15, 0.2) is 0 Å². The Morgan fingerprint density at radius 2 is 2.00 bits per heavy atom. The van der Waals surface area contributed by atoms with Gasteiger partial charge >= 0.3 is 0 Å². The standard InChI is InChI=1S/C21H18N4O5/c1-14-4-6-15(7-5-14)17-11-18(19-3-2-10-30-19)24(22-17)21(27)13-23-12-16(25(28)29)8-9-20(23)26/h2-10,12,18H,11,13H2,1H3. The summed E-state index contributed by atoms with van der Waals surface area (Å²) in [6.45, 7) is 1.61. The smallest absolute Gasteiger partial charge is 0.285 e. The summed E-state index contributed by atoms with van der Waals surface area (Å²) in [5, 5.41) is 16.8. The summed E-state index contributed by atoms with van der Waals surface area (Å²) in [5.41, 5.74) is 1.94. The lowest BCUT2D eigenvalue weighted by molar-refractivity contribution is -0.385. The van der Waals surface area contributed by atoms with Crippen molar-refractivity contribution in [1.82, 2.24) is 9.58 Å². The van der Waals surface area contributed by atoms with Crippen LogP contribution in [0.2, 0.25) is 0 Å². The number of pyridine rings is 1. The molecule has 0 radical (unpaired) electrons. The Kier molecular flexibility index (Phi) is 5.01. The fraction of sp³-hybridized carbons (Fsp3) is 0.190. The molecular formula is C21H18N4O5. The summed E-state index contributed by atoms with van der Waals surface area (Å²) in [6, 6.07) is 13.0. The van der Waals surface area contributed by atoms with E-state index >= 15 is 0 Å². The summed E-state index contributed by atoms with van der Waals surface area (Å²) in [7, 11) is 0. The van der Waals surface area contributed by atoms with E-state index < -0.39 is 22.4 Å². The molecule has 1 aromatic carbocycles. The summed E-state index contributed by atoms with van der Waals surface area (Å²) in [6.07, 6.45) is 3.03. The molecule has 0 aliphatic carbocycles. The van der Waals surface area contributed by atoms with Crippen molar-refractivity contribution in [2.45, 2.75) is 25.9 Å². The van der Waals surface area contributed by atoms with Crippen molar-refractivity contribution in [2.24, 2.45) is 5.10 Å². The molecule has 0 spiro atoms. The second kappa shape index (κ2) is 7.78. The summed E-state index contributed by atoms with van der Waals surface area (Å²) in [5.74, 6) is 0.0988. The maximum Gasteiger partial charge on any atom is 0.285 e. The quantitative estimate of drug-likeness (QED) is 0.478. The van der Waals surface area contributed by atoms with E-state index in [9.17, 15) is 19.7 Å². The van der Waals surface area contributed by atoms with Gasteiger partial charge in [0.2, 0.25) is 0 Å². The number of rotatable bonds is 5. The molecule has 152 valence electrons. The summed E-state index contributed by atoms with van der Waals surface area (Å²) < 4.78 is 6.51. The van der Waals surface area contributed by atoms with Crippen molar-refractivity contribution in [3.63, 3.8) is 0 Å². The molecule has 0 saturated carbocycles. The molecule has 3 heterocycles. The molecule has 1 aliphatic rings. The van der Waals surface area contributed by atoms with Gasteiger partial charge in [-0.1, -0.05) is 29.8 Å². The number of aromatic nitrogens is 1. The first-order valence-electron chi connectivity index (χ1n) is 9.27. The molecule has 9 nitrogen and oxygen atoms in total. The topological polar surface area (TPSA) is 111 Å². The number of hydrogen-bond donors (Lipinski definition) is 0. The Labute approximate surface area is 171 Å². The SMILES string of the molecule is Cc1ccc(C2=NN(C(=O)Cn3cc([N+](=O)[O-])ccc3=O)C(c3ccco3)C2)cc1. The molecule has 2 aromatic heterocycles. The van der Waals surface area contributed by atoms with E-state index in [1.54, 1.807) is 12.1 Å². The van der Waals surface area contributed by atoms with Crippen LogP contribution >= 0.6 is 0 Å². The van der Waals surface area contributed by atoms with Gasteiger partial charge in [0.05, 0.1) is 23.1 Å². The Hall–Kier alpha value is -4.01. The molecule has 4 rings (SSSR count). The zero-order chi connectivity index (χ0) is 21.3. The van der Waals surface area contributed by atoms with E-state index in [0.29, 0.717) is 12.2 Å². The predicted molar refractivity (Wildman–Crippen MR) is 108 cm³/mol. The number of benzene rings is 1. The maximum absolute atomic E-state index is 13.0. The summed E-state index contributed by atoms with van der Waals surface area (Å²) >= 11 is 0. The second-order valence-corrected chi connectivity index (χ2v) is 7.00. The zero-order valence-electron chi connectivity index (χ0n) is 16.1. The van der Waals surface area contributed by atoms with Gasteiger partial charge in [-0.25, -0.2) is 5.01 Å². The van der Waals surface area contributed by atoms with Gasteiger partial charge in [0.1, 0.15) is 18.3 Å². The number of aryl methyl sites for hydroxylation is 1. The van der Waals surface area contributed by atoms with Crippen LogP contribution in [0.4, 0.5) is 5.69 Å². The highest BCUT2D eigenvalue weighted by Crippen LogP contribution is 2.33. The number of carbonyl (C=O) groups excluding carboxylic acids is 1. The van der Waals surface area contributed by atoms with E-state index in [4.69, 9.17) is 4.42 Å². The third-order valence-electron chi connectivity index (χ3n) is 4.91. The van der Waals surface area contributed by atoms with Crippen LogP contribution in [0.1, 0.15) is 29.3 Å². The molecular weight excluding hydrogens is 388 g/mol. The first kappa shape index (κ1) is 19.3. The first-order valence-corrected chi connectivity index (χ1v) is 9.27. The highest BCUT2D eigenvalue weighted by atomic mass is 16.6. The zero-order valence-corrected chi connectivity index (χ0v) is 16.1. The Morgan fingerprint density at radius 3 is 2.67 bits per heavy atom. The molecule has 0 saturated heterocycles. The van der Waals surface area contributed by atoms with Crippen molar-refractivity contribution >= 4 is 17.3 Å². The van der Waals surface area contributed by atoms with E-state index in [2.05, 4.69) is 5.10 Å². The van der Waals surface area contributed by atoms with Gasteiger partial charge in [0.25, 0.3) is 17.2 Å². The Bertz CT molecular complexity index is 1180. The van der Waals surface area contributed by atoms with Gasteiger partial charge in [-0.15, -0.1) is 0 Å². The summed E-state index contributed by atoms with van der Waals surface area (Å²) in [4.78, 5) is 35.5. The van der Waals surface area contributed by atoms with E-state index in [1.807, 2.05) is 31.2 Å². The normalized spacial score (nSPS) is 15.8. The lowest BCUT2D eigenvalue weighted by Gasteiger charge is -2.20. The van der Waals surface area contributed by atoms with Gasteiger partial charge in [-0.2, -0.15) is 5.10 Å². The fourth-order valence-corrected chi connectivity index (χ4v) is 3.33. The Balaban J connectivity index is 1.66. The molecule has 1 atom stereocenters. The number of hydrogen-bond acceptors (Lipinski definition) is 6. The second-order valence-electron chi connectivity index (χ2n) is 7.00. The molecule has 3 aromatic rings. The van der Waals surface area contributed by atoms with Crippen LogP contribution in [-0.4, -0.2) is 26.1 Å². The molecule has 9 heteroatoms. The van der Waals surface area contributed by atoms with Gasteiger partial charge < -0.3 is 4.42 Å². The average molecular weight is 406 g/mol.